The zero-order chi connectivity index (χ0) is 25.8. The molecule has 2 atom stereocenters. The lowest BCUT2D eigenvalue weighted by Crippen LogP contribution is -2.57. The first-order chi connectivity index (χ1) is 17.8. The van der Waals surface area contributed by atoms with Crippen LogP contribution in [0, 0.1) is 12.7 Å². The molecule has 0 amide bonds. The molecule has 37 heavy (non-hydrogen) atoms. The number of rotatable bonds is 6. The number of benzene rings is 1. The molecule has 196 valence electrons. The minimum absolute atomic E-state index is 0.130. The number of nitrogens with zero attached hydrogens (tertiary/aromatic N) is 6. The maximum atomic E-state index is 15.1. The molecule has 5 heterocycles. The molecule has 0 saturated carbocycles. The minimum atomic E-state index is -1.05. The van der Waals surface area contributed by atoms with Crippen molar-refractivity contribution in [3.63, 3.8) is 0 Å². The van der Waals surface area contributed by atoms with Crippen molar-refractivity contribution in [1.29, 1.82) is 0 Å². The van der Waals surface area contributed by atoms with Gasteiger partial charge in [-0.3, -0.25) is 4.90 Å². The van der Waals surface area contributed by atoms with Crippen LogP contribution in [0.3, 0.4) is 0 Å². The first-order valence-corrected chi connectivity index (χ1v) is 12.7. The van der Waals surface area contributed by atoms with E-state index in [0.29, 0.717) is 54.7 Å². The van der Waals surface area contributed by atoms with E-state index in [-0.39, 0.29) is 17.8 Å². The van der Waals surface area contributed by atoms with Crippen LogP contribution < -0.4 is 10.1 Å². The topological polar surface area (TPSA) is 81.7 Å². The lowest BCUT2D eigenvalue weighted by atomic mass is 10.0. The van der Waals surface area contributed by atoms with Crippen molar-refractivity contribution < 1.29 is 18.3 Å². The van der Waals surface area contributed by atoms with Gasteiger partial charge in [0.1, 0.15) is 23.0 Å². The molecule has 2 aliphatic rings. The van der Waals surface area contributed by atoms with Crippen LogP contribution in [0.4, 0.5) is 14.7 Å². The summed E-state index contributed by atoms with van der Waals surface area (Å²) in [6, 6.07) is 5.33. The van der Waals surface area contributed by atoms with E-state index < -0.39 is 12.2 Å². The van der Waals surface area contributed by atoms with Crippen molar-refractivity contribution >= 4 is 22.5 Å². The van der Waals surface area contributed by atoms with E-state index in [9.17, 15) is 0 Å². The fourth-order valence-electron chi connectivity index (χ4n) is 5.53. The minimum Gasteiger partial charge on any atom is -0.479 e. The summed E-state index contributed by atoms with van der Waals surface area (Å²) in [6.45, 7) is 8.48. The third-order valence-electron chi connectivity index (χ3n) is 7.45. The Kier molecular flexibility index (Phi) is 5.99. The van der Waals surface area contributed by atoms with Gasteiger partial charge in [0.2, 0.25) is 11.8 Å². The van der Waals surface area contributed by atoms with Crippen molar-refractivity contribution in [3.05, 3.63) is 36.0 Å². The fraction of sp³-hybridized carbons (Fsp3) is 0.500. The van der Waals surface area contributed by atoms with Crippen LogP contribution >= 0.6 is 0 Å². The predicted molar refractivity (Wildman–Crippen MR) is 136 cm³/mol. The van der Waals surface area contributed by atoms with Crippen molar-refractivity contribution in [2.75, 3.05) is 38.7 Å². The Morgan fingerprint density at radius 3 is 2.70 bits per heavy atom. The number of imidazole rings is 1. The molecule has 2 aliphatic heterocycles. The number of aromatic nitrogens is 5. The summed E-state index contributed by atoms with van der Waals surface area (Å²) < 4.78 is 44.7. The number of aryl methyl sites for hydroxylation is 1. The van der Waals surface area contributed by atoms with Gasteiger partial charge in [-0.25, -0.2) is 18.3 Å². The highest BCUT2D eigenvalue weighted by molar-refractivity contribution is 5.90. The molecule has 1 aromatic carbocycles. The van der Waals surface area contributed by atoms with E-state index in [2.05, 4.69) is 25.3 Å². The van der Waals surface area contributed by atoms with Crippen LogP contribution in [-0.4, -0.2) is 80.7 Å². The number of fused-ring (bicyclic) bond motifs is 2. The van der Waals surface area contributed by atoms with Gasteiger partial charge in [0.25, 0.3) is 0 Å². The number of nitrogens with one attached hydrogen (secondary N) is 1. The summed E-state index contributed by atoms with van der Waals surface area (Å²) in [6.07, 6.45) is 1.36. The van der Waals surface area contributed by atoms with E-state index >= 15 is 8.78 Å². The molecule has 11 heteroatoms. The highest BCUT2D eigenvalue weighted by atomic mass is 19.1. The first kappa shape index (κ1) is 24.1. The highest BCUT2D eigenvalue weighted by Gasteiger charge is 2.35. The number of ether oxygens (including phenoxy) is 2. The number of hydrogen-bond acceptors (Lipinski definition) is 7. The molecule has 2 fully saturated rings. The van der Waals surface area contributed by atoms with Crippen LogP contribution in [-0.2, 0) is 4.74 Å². The summed E-state index contributed by atoms with van der Waals surface area (Å²) in [5.41, 5.74) is 3.10. The van der Waals surface area contributed by atoms with Gasteiger partial charge in [0.15, 0.2) is 5.82 Å². The van der Waals surface area contributed by atoms with Crippen molar-refractivity contribution in [1.82, 2.24) is 29.0 Å². The normalized spacial score (nSPS) is 21.2. The van der Waals surface area contributed by atoms with Crippen LogP contribution in [0.2, 0.25) is 0 Å². The Morgan fingerprint density at radius 2 is 2.03 bits per heavy atom. The molecule has 9 nitrogen and oxygen atoms in total. The second-order valence-corrected chi connectivity index (χ2v) is 10.2. The summed E-state index contributed by atoms with van der Waals surface area (Å²) in [5.74, 6) is 0.986. The Hall–Kier alpha value is -3.31. The average Bonchev–Trinajstić information content (AvgIpc) is 3.40. The Bertz CT molecular complexity index is 1460. The lowest BCUT2D eigenvalue weighted by molar-refractivity contribution is -0.0794. The number of hydrogen-bond donors (Lipinski definition) is 1. The molecule has 2 saturated heterocycles. The number of alkyl halides is 1. The average molecular weight is 512 g/mol. The zero-order valence-electron chi connectivity index (χ0n) is 21.4. The second-order valence-electron chi connectivity index (χ2n) is 10.2. The maximum Gasteiger partial charge on any atom is 0.244 e. The van der Waals surface area contributed by atoms with Gasteiger partial charge >= 0.3 is 0 Å². The summed E-state index contributed by atoms with van der Waals surface area (Å²) in [4.78, 5) is 11.1. The molecule has 0 aliphatic carbocycles. The van der Waals surface area contributed by atoms with Crippen molar-refractivity contribution in [2.45, 2.75) is 51.5 Å². The quantitative estimate of drug-likeness (QED) is 0.419. The van der Waals surface area contributed by atoms with E-state index in [4.69, 9.17) is 9.47 Å². The molecule has 4 aromatic rings. The number of piperidine rings is 1. The molecular weight excluding hydrogens is 480 g/mol. The van der Waals surface area contributed by atoms with Gasteiger partial charge < -0.3 is 19.4 Å². The van der Waals surface area contributed by atoms with E-state index in [1.165, 1.54) is 13.2 Å². The number of methoxy groups -OCH3 is 1. The second kappa shape index (κ2) is 9.21. The number of anilines is 1. The van der Waals surface area contributed by atoms with Crippen LogP contribution in [0.1, 0.15) is 32.1 Å². The van der Waals surface area contributed by atoms with E-state index in [1.807, 2.05) is 37.5 Å². The lowest BCUT2D eigenvalue weighted by Gasteiger charge is -2.42. The zero-order valence-corrected chi connectivity index (χ0v) is 21.4. The number of halogens is 2. The van der Waals surface area contributed by atoms with Gasteiger partial charge in [-0.1, -0.05) is 0 Å². The highest BCUT2D eigenvalue weighted by Crippen LogP contribution is 2.35. The molecule has 1 N–H and O–H groups in total. The van der Waals surface area contributed by atoms with Crippen LogP contribution in [0.5, 0.6) is 5.88 Å². The molecule has 0 unspecified atom stereocenters. The molecule has 0 spiro atoms. The Labute approximate surface area is 213 Å². The molecule has 6 rings (SSSR count). The van der Waals surface area contributed by atoms with Gasteiger partial charge in [0.05, 0.1) is 37.9 Å². The molecule has 0 bridgehead atoms. The third-order valence-corrected chi connectivity index (χ3v) is 7.45. The first-order valence-electron chi connectivity index (χ1n) is 12.7. The van der Waals surface area contributed by atoms with Gasteiger partial charge in [-0.2, -0.15) is 4.98 Å². The largest absolute Gasteiger partial charge is 0.479 e. The third kappa shape index (κ3) is 4.10. The fourth-order valence-corrected chi connectivity index (χ4v) is 5.53. The van der Waals surface area contributed by atoms with Crippen LogP contribution in [0.25, 0.3) is 27.7 Å². The Balaban J connectivity index is 1.33. The SMILES string of the molecule is COc1nc(N[C@H]2CCN(C3COC3)C[C@H]2F)nn2ccc(-c3cc(F)c4nc(C)n(C(C)C)c4c3)c12. The van der Waals surface area contributed by atoms with Gasteiger partial charge in [-0.15, -0.1) is 5.10 Å². The maximum absolute atomic E-state index is 15.1. The monoisotopic (exact) mass is 511 g/mol. The molecular formula is C26H31F2N7O2. The molecule has 0 radical (unpaired) electrons. The van der Waals surface area contributed by atoms with Crippen molar-refractivity contribution in [3.8, 4) is 17.0 Å². The van der Waals surface area contributed by atoms with E-state index in [1.54, 1.807) is 10.7 Å². The standard InChI is InChI=1S/C26H31F2N7O2/c1-14(2)35-15(3)29-23-19(27)9-16(10-22(23)35)18-5-8-34-24(18)25(36-4)31-26(32-34)30-21-6-7-33(11-20(21)28)17-12-37-13-17/h5,8-10,14,17,20-21H,6-7,11-13H2,1-4H3,(H,30,32)/t20-,21+/m1/s1. The molecule has 3 aromatic heterocycles. The van der Waals surface area contributed by atoms with Gasteiger partial charge in [-0.05, 0) is 51.0 Å². The summed E-state index contributed by atoms with van der Waals surface area (Å²) in [7, 11) is 1.53. The number of likely N-dealkylation sites (tertiary alicyclic amines) is 1. The predicted octanol–water partition coefficient (Wildman–Crippen LogP) is 4.01. The Morgan fingerprint density at radius 1 is 1.22 bits per heavy atom. The van der Waals surface area contributed by atoms with Crippen LogP contribution in [0.15, 0.2) is 24.4 Å². The smallest absolute Gasteiger partial charge is 0.244 e. The summed E-state index contributed by atoms with van der Waals surface area (Å²) >= 11 is 0. The van der Waals surface area contributed by atoms with Crippen molar-refractivity contribution in [2.24, 2.45) is 0 Å². The van der Waals surface area contributed by atoms with E-state index in [0.717, 1.165) is 23.4 Å². The van der Waals surface area contributed by atoms with Gasteiger partial charge in [0, 0.05) is 30.9 Å². The summed E-state index contributed by atoms with van der Waals surface area (Å²) in [5, 5.41) is 7.75.